The summed E-state index contributed by atoms with van der Waals surface area (Å²) in [6, 6.07) is 14.4. The van der Waals surface area contributed by atoms with Crippen LogP contribution < -0.4 is 14.8 Å². The third-order valence-electron chi connectivity index (χ3n) is 3.50. The third-order valence-corrected chi connectivity index (χ3v) is 4.70. The fourth-order valence-electron chi connectivity index (χ4n) is 2.12. The highest BCUT2D eigenvalue weighted by atomic mass is 35.5. The zero-order valence-electron chi connectivity index (χ0n) is 14.1. The molecule has 0 aliphatic carbocycles. The van der Waals surface area contributed by atoms with Gasteiger partial charge in [-0.3, -0.25) is 10.1 Å². The largest absolute Gasteiger partial charge is 0.497 e. The average molecular weight is 390 g/mol. The van der Waals surface area contributed by atoms with E-state index in [1.165, 1.54) is 11.3 Å². The first kappa shape index (κ1) is 18.2. The van der Waals surface area contributed by atoms with Crippen LogP contribution in [0.25, 0.3) is 10.6 Å². The number of amides is 1. The lowest BCUT2D eigenvalue weighted by Crippen LogP contribution is -2.30. The van der Waals surface area contributed by atoms with Gasteiger partial charge in [0.15, 0.2) is 6.10 Å². The van der Waals surface area contributed by atoms with E-state index in [-0.39, 0.29) is 5.91 Å². The predicted octanol–water partition coefficient (Wildman–Crippen LogP) is 4.27. The number of rotatable bonds is 6. The van der Waals surface area contributed by atoms with Gasteiger partial charge in [-0.05, 0) is 43.3 Å². The van der Waals surface area contributed by atoms with Crippen molar-refractivity contribution in [2.24, 2.45) is 0 Å². The van der Waals surface area contributed by atoms with Crippen LogP contribution in [-0.2, 0) is 4.79 Å². The van der Waals surface area contributed by atoms with Gasteiger partial charge in [0.2, 0.25) is 5.13 Å². The second kappa shape index (κ2) is 8.16. The van der Waals surface area contributed by atoms with Crippen molar-refractivity contribution in [2.75, 3.05) is 12.4 Å². The van der Waals surface area contributed by atoms with E-state index >= 15 is 0 Å². The molecular weight excluding hydrogens is 374 g/mol. The van der Waals surface area contributed by atoms with Gasteiger partial charge >= 0.3 is 0 Å². The van der Waals surface area contributed by atoms with Crippen molar-refractivity contribution in [3.8, 4) is 22.1 Å². The fraction of sp³-hybridized carbons (Fsp3) is 0.167. The van der Waals surface area contributed by atoms with Crippen LogP contribution in [0.4, 0.5) is 5.13 Å². The second-order valence-corrected chi connectivity index (χ2v) is 6.71. The smallest absolute Gasteiger partial charge is 0.266 e. The number of para-hydroxylation sites is 1. The zero-order chi connectivity index (χ0) is 18.5. The SMILES string of the molecule is COc1ccc(-c2nnc(NC(=O)C(C)Oc3ccccc3Cl)s2)cc1. The second-order valence-electron chi connectivity index (χ2n) is 5.32. The van der Waals surface area contributed by atoms with Crippen molar-refractivity contribution in [3.63, 3.8) is 0 Å². The van der Waals surface area contributed by atoms with Gasteiger partial charge in [0.1, 0.15) is 16.5 Å². The number of carbonyl (C=O) groups excluding carboxylic acids is 1. The van der Waals surface area contributed by atoms with Crippen LogP contribution in [0.2, 0.25) is 5.02 Å². The maximum absolute atomic E-state index is 12.3. The van der Waals surface area contributed by atoms with E-state index in [9.17, 15) is 4.79 Å². The van der Waals surface area contributed by atoms with Gasteiger partial charge in [0.05, 0.1) is 12.1 Å². The molecule has 1 aromatic heterocycles. The van der Waals surface area contributed by atoms with Crippen molar-refractivity contribution in [1.29, 1.82) is 0 Å². The van der Waals surface area contributed by atoms with Gasteiger partial charge in [-0.1, -0.05) is 35.1 Å². The molecule has 1 heterocycles. The molecule has 0 aliphatic rings. The maximum Gasteiger partial charge on any atom is 0.266 e. The summed E-state index contributed by atoms with van der Waals surface area (Å²) in [5.41, 5.74) is 0.893. The van der Waals surface area contributed by atoms with Crippen LogP contribution in [0.1, 0.15) is 6.92 Å². The van der Waals surface area contributed by atoms with E-state index in [2.05, 4.69) is 15.5 Å². The summed E-state index contributed by atoms with van der Waals surface area (Å²) < 4.78 is 10.7. The van der Waals surface area contributed by atoms with Gasteiger partial charge in [-0.25, -0.2) is 0 Å². The molecule has 134 valence electrons. The number of benzene rings is 2. The Labute approximate surface area is 159 Å². The lowest BCUT2D eigenvalue weighted by molar-refractivity contribution is -0.122. The molecule has 6 nitrogen and oxygen atoms in total. The van der Waals surface area contributed by atoms with Crippen LogP contribution in [0.15, 0.2) is 48.5 Å². The molecule has 1 amide bonds. The zero-order valence-corrected chi connectivity index (χ0v) is 15.7. The van der Waals surface area contributed by atoms with Crippen LogP contribution in [-0.4, -0.2) is 29.3 Å². The first-order valence-corrected chi connectivity index (χ1v) is 8.96. The molecule has 0 saturated carbocycles. The van der Waals surface area contributed by atoms with Crippen molar-refractivity contribution in [1.82, 2.24) is 10.2 Å². The Kier molecular flexibility index (Phi) is 5.70. The molecule has 0 saturated heterocycles. The number of ether oxygens (including phenoxy) is 2. The quantitative estimate of drug-likeness (QED) is 0.681. The van der Waals surface area contributed by atoms with Gasteiger partial charge in [0.25, 0.3) is 5.91 Å². The molecular formula is C18H16ClN3O3S. The molecule has 0 aliphatic heterocycles. The summed E-state index contributed by atoms with van der Waals surface area (Å²) >= 11 is 7.32. The lowest BCUT2D eigenvalue weighted by atomic mass is 10.2. The highest BCUT2D eigenvalue weighted by Gasteiger charge is 2.18. The average Bonchev–Trinajstić information content (AvgIpc) is 3.12. The summed E-state index contributed by atoms with van der Waals surface area (Å²) in [5, 5.41) is 12.4. The fourth-order valence-corrected chi connectivity index (χ4v) is 3.05. The number of methoxy groups -OCH3 is 1. The van der Waals surface area contributed by atoms with E-state index < -0.39 is 6.10 Å². The minimum Gasteiger partial charge on any atom is -0.497 e. The van der Waals surface area contributed by atoms with E-state index in [0.717, 1.165) is 11.3 Å². The molecule has 3 rings (SSSR count). The number of aromatic nitrogens is 2. The highest BCUT2D eigenvalue weighted by Crippen LogP contribution is 2.28. The highest BCUT2D eigenvalue weighted by molar-refractivity contribution is 7.18. The Morgan fingerprint density at radius 1 is 1.15 bits per heavy atom. The van der Waals surface area contributed by atoms with Gasteiger partial charge in [0, 0.05) is 5.56 Å². The molecule has 1 atom stereocenters. The maximum atomic E-state index is 12.3. The Balaban J connectivity index is 1.64. The first-order valence-electron chi connectivity index (χ1n) is 7.77. The Morgan fingerprint density at radius 2 is 1.88 bits per heavy atom. The normalized spacial score (nSPS) is 11.7. The number of hydrogen-bond donors (Lipinski definition) is 1. The molecule has 0 spiro atoms. The van der Waals surface area contributed by atoms with E-state index in [0.29, 0.717) is 20.9 Å². The molecule has 0 bridgehead atoms. The molecule has 3 aromatic rings. The molecule has 1 unspecified atom stereocenters. The summed E-state index contributed by atoms with van der Waals surface area (Å²) in [6.07, 6.45) is -0.733. The number of halogens is 1. The van der Waals surface area contributed by atoms with Crippen molar-refractivity contribution in [2.45, 2.75) is 13.0 Å². The van der Waals surface area contributed by atoms with Gasteiger partial charge < -0.3 is 9.47 Å². The first-order chi connectivity index (χ1) is 12.6. The number of nitrogens with zero attached hydrogens (tertiary/aromatic N) is 2. The Morgan fingerprint density at radius 3 is 2.58 bits per heavy atom. The minimum atomic E-state index is -0.733. The minimum absolute atomic E-state index is 0.331. The topological polar surface area (TPSA) is 73.3 Å². The standard InChI is InChI=1S/C18H16ClN3O3S/c1-11(25-15-6-4-3-5-14(15)19)16(23)20-18-22-21-17(26-18)12-7-9-13(24-2)10-8-12/h3-11H,1-2H3,(H,20,22,23). The van der Waals surface area contributed by atoms with Crippen LogP contribution in [0.3, 0.4) is 0 Å². The summed E-state index contributed by atoms with van der Waals surface area (Å²) in [7, 11) is 1.61. The summed E-state index contributed by atoms with van der Waals surface area (Å²) in [4.78, 5) is 12.3. The molecule has 0 fully saturated rings. The Bertz CT molecular complexity index is 899. The number of anilines is 1. The van der Waals surface area contributed by atoms with Crippen LogP contribution in [0, 0.1) is 0 Å². The monoisotopic (exact) mass is 389 g/mol. The van der Waals surface area contributed by atoms with Crippen LogP contribution in [0.5, 0.6) is 11.5 Å². The third kappa shape index (κ3) is 4.30. The number of nitrogens with one attached hydrogen (secondary N) is 1. The predicted molar refractivity (Wildman–Crippen MR) is 102 cm³/mol. The van der Waals surface area contributed by atoms with Crippen LogP contribution >= 0.6 is 22.9 Å². The Hall–Kier alpha value is -2.64. The van der Waals surface area contributed by atoms with E-state index in [1.54, 1.807) is 38.3 Å². The number of hydrogen-bond acceptors (Lipinski definition) is 6. The van der Waals surface area contributed by atoms with Gasteiger partial charge in [-0.2, -0.15) is 0 Å². The van der Waals surface area contributed by atoms with Crippen molar-refractivity contribution < 1.29 is 14.3 Å². The van der Waals surface area contributed by atoms with E-state index in [4.69, 9.17) is 21.1 Å². The van der Waals surface area contributed by atoms with Crippen molar-refractivity contribution in [3.05, 3.63) is 53.6 Å². The molecule has 1 N–H and O–H groups in total. The number of carbonyl (C=O) groups is 1. The molecule has 2 aromatic carbocycles. The molecule has 8 heteroatoms. The van der Waals surface area contributed by atoms with E-state index in [1.807, 2.05) is 24.3 Å². The van der Waals surface area contributed by atoms with Gasteiger partial charge in [-0.15, -0.1) is 10.2 Å². The summed E-state index contributed by atoms with van der Waals surface area (Å²) in [6.45, 7) is 1.64. The molecule has 26 heavy (non-hydrogen) atoms. The van der Waals surface area contributed by atoms with Crippen molar-refractivity contribution >= 4 is 34.0 Å². The lowest BCUT2D eigenvalue weighted by Gasteiger charge is -2.14. The molecule has 0 radical (unpaired) electrons. The summed E-state index contributed by atoms with van der Waals surface area (Å²) in [5.74, 6) is 0.882.